The van der Waals surface area contributed by atoms with Crippen LogP contribution in [0.1, 0.15) is 27.2 Å². The van der Waals surface area contributed by atoms with Gasteiger partial charge in [0.15, 0.2) is 0 Å². The van der Waals surface area contributed by atoms with Gasteiger partial charge in [-0.3, -0.25) is 10.1 Å². The van der Waals surface area contributed by atoms with Crippen LogP contribution in [0.3, 0.4) is 0 Å². The molecule has 1 aromatic heterocycles. The number of carbonyl (C=O) groups is 1. The van der Waals surface area contributed by atoms with Gasteiger partial charge in [-0.05, 0) is 25.5 Å². The average Bonchev–Trinajstić information content (AvgIpc) is 2.97. The first-order valence-corrected chi connectivity index (χ1v) is 7.48. The summed E-state index contributed by atoms with van der Waals surface area (Å²) in [5.41, 5.74) is 0.645. The third kappa shape index (κ3) is 3.15. The fourth-order valence-electron chi connectivity index (χ4n) is 2.18. The van der Waals surface area contributed by atoms with Crippen LogP contribution in [-0.4, -0.2) is 23.0 Å². The SMILES string of the molecule is CCc1nc(-c2cc(OC)cc(C)c2[N+](=O)[O-])c(C(=O)ON)s1. The zero-order valence-corrected chi connectivity index (χ0v) is 13.6. The molecule has 1 aromatic carbocycles. The lowest BCUT2D eigenvalue weighted by molar-refractivity contribution is -0.384. The molecule has 0 atom stereocenters. The number of nitro benzene ring substituents is 1. The molecule has 0 aliphatic carbocycles. The molecule has 0 spiro atoms. The Labute approximate surface area is 136 Å². The highest BCUT2D eigenvalue weighted by atomic mass is 32.1. The molecule has 2 rings (SSSR count). The number of hydrogen-bond donors (Lipinski definition) is 1. The van der Waals surface area contributed by atoms with Gasteiger partial charge in [0.2, 0.25) is 0 Å². The van der Waals surface area contributed by atoms with Gasteiger partial charge in [0, 0.05) is 5.56 Å². The first kappa shape index (κ1) is 16.8. The van der Waals surface area contributed by atoms with E-state index in [-0.39, 0.29) is 21.8 Å². The van der Waals surface area contributed by atoms with Crippen LogP contribution in [-0.2, 0) is 11.3 Å². The molecule has 2 aromatic rings. The number of aromatic nitrogens is 1. The molecule has 9 heteroatoms. The van der Waals surface area contributed by atoms with Crippen LogP contribution in [0.2, 0.25) is 0 Å². The van der Waals surface area contributed by atoms with E-state index in [1.54, 1.807) is 13.0 Å². The van der Waals surface area contributed by atoms with E-state index in [1.165, 1.54) is 13.2 Å². The topological polar surface area (TPSA) is 118 Å². The molecule has 0 saturated heterocycles. The molecule has 23 heavy (non-hydrogen) atoms. The fraction of sp³-hybridized carbons (Fsp3) is 0.286. The smallest absolute Gasteiger partial charge is 0.369 e. The lowest BCUT2D eigenvalue weighted by atomic mass is 10.0. The number of nitro groups is 1. The summed E-state index contributed by atoms with van der Waals surface area (Å²) in [7, 11) is 1.46. The predicted molar refractivity (Wildman–Crippen MR) is 84.5 cm³/mol. The average molecular weight is 337 g/mol. The van der Waals surface area contributed by atoms with E-state index in [9.17, 15) is 14.9 Å². The minimum absolute atomic E-state index is 0.125. The van der Waals surface area contributed by atoms with Crippen LogP contribution in [0, 0.1) is 17.0 Å². The first-order valence-electron chi connectivity index (χ1n) is 6.67. The van der Waals surface area contributed by atoms with Gasteiger partial charge in [0.05, 0.1) is 22.6 Å². The third-order valence-corrected chi connectivity index (χ3v) is 4.39. The highest BCUT2D eigenvalue weighted by Crippen LogP contribution is 2.39. The number of benzene rings is 1. The van der Waals surface area contributed by atoms with Gasteiger partial charge in [0.25, 0.3) is 5.69 Å². The molecule has 2 N–H and O–H groups in total. The van der Waals surface area contributed by atoms with E-state index < -0.39 is 10.9 Å². The van der Waals surface area contributed by atoms with Gasteiger partial charge in [-0.25, -0.2) is 9.78 Å². The number of hydrogen-bond acceptors (Lipinski definition) is 8. The molecule has 0 amide bonds. The molecule has 0 aliphatic rings. The third-order valence-electron chi connectivity index (χ3n) is 3.21. The van der Waals surface area contributed by atoms with Crippen molar-refractivity contribution < 1.29 is 19.3 Å². The summed E-state index contributed by atoms with van der Waals surface area (Å²) in [6.45, 7) is 3.46. The number of carbonyl (C=O) groups excluding carboxylic acids is 1. The molecule has 0 aliphatic heterocycles. The Morgan fingerprint density at radius 3 is 2.70 bits per heavy atom. The minimum Gasteiger partial charge on any atom is -0.497 e. The number of nitrogens with two attached hydrogens (primary N) is 1. The summed E-state index contributed by atoms with van der Waals surface area (Å²) < 4.78 is 5.16. The van der Waals surface area contributed by atoms with E-state index in [2.05, 4.69) is 9.82 Å². The fourth-order valence-corrected chi connectivity index (χ4v) is 3.08. The first-order chi connectivity index (χ1) is 10.9. The van der Waals surface area contributed by atoms with Crippen molar-refractivity contribution in [1.29, 1.82) is 0 Å². The monoisotopic (exact) mass is 337 g/mol. The van der Waals surface area contributed by atoms with Gasteiger partial charge < -0.3 is 9.57 Å². The van der Waals surface area contributed by atoms with Crippen molar-refractivity contribution in [1.82, 2.24) is 4.98 Å². The van der Waals surface area contributed by atoms with Crippen LogP contribution < -0.4 is 10.6 Å². The van der Waals surface area contributed by atoms with Crippen LogP contribution in [0.5, 0.6) is 5.75 Å². The molecule has 0 saturated carbocycles. The zero-order chi connectivity index (χ0) is 17.1. The van der Waals surface area contributed by atoms with E-state index in [0.717, 1.165) is 11.3 Å². The Bertz CT molecular complexity index is 772. The molecular weight excluding hydrogens is 322 g/mol. The number of thiazole rings is 1. The minimum atomic E-state index is -0.785. The van der Waals surface area contributed by atoms with Crippen LogP contribution in [0.15, 0.2) is 12.1 Å². The van der Waals surface area contributed by atoms with Crippen LogP contribution in [0.25, 0.3) is 11.3 Å². The van der Waals surface area contributed by atoms with Crippen molar-refractivity contribution in [3.63, 3.8) is 0 Å². The predicted octanol–water partition coefficient (Wildman–Crippen LogP) is 2.63. The highest BCUT2D eigenvalue weighted by Gasteiger charge is 2.28. The second-order valence-corrected chi connectivity index (χ2v) is 5.73. The Kier molecular flexibility index (Phi) is 4.92. The Morgan fingerprint density at radius 2 is 2.17 bits per heavy atom. The number of nitrogens with zero attached hydrogens (tertiary/aromatic N) is 2. The zero-order valence-electron chi connectivity index (χ0n) is 12.8. The molecular formula is C14H15N3O5S. The maximum Gasteiger partial charge on any atom is 0.369 e. The number of methoxy groups -OCH3 is 1. The summed E-state index contributed by atoms with van der Waals surface area (Å²) in [5, 5.41) is 12.1. The normalized spacial score (nSPS) is 10.4. The number of ether oxygens (including phenoxy) is 1. The van der Waals surface area contributed by atoms with Gasteiger partial charge in [-0.1, -0.05) is 6.92 Å². The highest BCUT2D eigenvalue weighted by molar-refractivity contribution is 7.14. The van der Waals surface area contributed by atoms with E-state index >= 15 is 0 Å². The molecule has 0 radical (unpaired) electrons. The summed E-state index contributed by atoms with van der Waals surface area (Å²) >= 11 is 1.10. The maximum absolute atomic E-state index is 11.9. The van der Waals surface area contributed by atoms with E-state index in [0.29, 0.717) is 22.7 Å². The standard InChI is InChI=1S/C14H15N3O5S/c1-4-10-16-11(13(23-10)14(18)22-15)9-6-8(21-3)5-7(2)12(9)17(19)20/h5-6H,4,15H2,1-3H3. The molecule has 122 valence electrons. The quantitative estimate of drug-likeness (QED) is 0.658. The molecule has 0 fully saturated rings. The van der Waals surface area contributed by atoms with Crippen molar-refractivity contribution >= 4 is 23.0 Å². The molecule has 1 heterocycles. The van der Waals surface area contributed by atoms with Crippen LogP contribution in [0.4, 0.5) is 5.69 Å². The van der Waals surface area contributed by atoms with Crippen molar-refractivity contribution in [3.8, 4) is 17.0 Å². The summed E-state index contributed by atoms with van der Waals surface area (Å²) in [6.07, 6.45) is 0.576. The van der Waals surface area contributed by atoms with E-state index in [4.69, 9.17) is 10.6 Å². The molecule has 0 unspecified atom stereocenters. The lowest BCUT2D eigenvalue weighted by Gasteiger charge is -2.08. The van der Waals surface area contributed by atoms with Crippen molar-refractivity contribution in [2.24, 2.45) is 5.90 Å². The Hall–Kier alpha value is -2.52. The van der Waals surface area contributed by atoms with Gasteiger partial charge >= 0.3 is 5.97 Å². The van der Waals surface area contributed by atoms with Gasteiger partial charge in [0.1, 0.15) is 16.3 Å². The Balaban J connectivity index is 2.79. The summed E-state index contributed by atoms with van der Waals surface area (Å²) in [6, 6.07) is 3.03. The van der Waals surface area contributed by atoms with Gasteiger partial charge in [-0.15, -0.1) is 11.3 Å². The largest absolute Gasteiger partial charge is 0.497 e. The van der Waals surface area contributed by atoms with Gasteiger partial charge in [-0.2, -0.15) is 5.90 Å². The molecule has 8 nitrogen and oxygen atoms in total. The van der Waals surface area contributed by atoms with Crippen molar-refractivity contribution in [2.75, 3.05) is 7.11 Å². The maximum atomic E-state index is 11.9. The molecule has 0 bridgehead atoms. The van der Waals surface area contributed by atoms with E-state index in [1.807, 2.05) is 6.92 Å². The summed E-state index contributed by atoms with van der Waals surface area (Å²) in [5.74, 6) is 4.60. The lowest BCUT2D eigenvalue weighted by Crippen LogP contribution is -2.10. The number of rotatable bonds is 5. The van der Waals surface area contributed by atoms with Crippen molar-refractivity contribution in [3.05, 3.63) is 37.7 Å². The summed E-state index contributed by atoms with van der Waals surface area (Å²) in [4.78, 5) is 31.5. The van der Waals surface area contributed by atoms with Crippen molar-refractivity contribution in [2.45, 2.75) is 20.3 Å². The second kappa shape index (κ2) is 6.71. The Morgan fingerprint density at radius 1 is 1.48 bits per heavy atom. The second-order valence-electron chi connectivity index (χ2n) is 4.64. The van der Waals surface area contributed by atoms with Crippen LogP contribution >= 0.6 is 11.3 Å². The number of aryl methyl sites for hydroxylation is 2.